The van der Waals surface area contributed by atoms with Crippen LogP contribution >= 0.6 is 22.6 Å². The molecular formula is C42H56IN3O5. The van der Waals surface area contributed by atoms with Crippen LogP contribution in [0, 0.1) is 17.4 Å². The van der Waals surface area contributed by atoms with Crippen molar-refractivity contribution in [1.29, 1.82) is 0 Å². The Morgan fingerprint density at radius 3 is 1.08 bits per heavy atom. The molecule has 0 saturated carbocycles. The van der Waals surface area contributed by atoms with E-state index in [1.54, 1.807) is 13.0 Å². The molecule has 4 aromatic rings. The summed E-state index contributed by atoms with van der Waals surface area (Å²) in [6, 6.07) is 11.4. The quantitative estimate of drug-likeness (QED) is 0.192. The first-order valence-electron chi connectivity index (χ1n) is 17.6. The molecule has 0 aliphatic rings. The van der Waals surface area contributed by atoms with Crippen molar-refractivity contribution in [2.75, 3.05) is 0 Å². The van der Waals surface area contributed by atoms with E-state index in [0.29, 0.717) is 33.4 Å². The highest BCUT2D eigenvalue weighted by Crippen LogP contribution is 2.40. The zero-order chi connectivity index (χ0) is 38.8. The van der Waals surface area contributed by atoms with Gasteiger partial charge in [0.2, 0.25) is 0 Å². The molecule has 0 aliphatic carbocycles. The molecule has 0 spiro atoms. The molecule has 1 aromatic heterocycles. The lowest BCUT2D eigenvalue weighted by Crippen LogP contribution is -2.54. The van der Waals surface area contributed by atoms with Crippen LogP contribution in [0.25, 0.3) is 0 Å². The van der Waals surface area contributed by atoms with Crippen LogP contribution in [0.3, 0.4) is 0 Å². The number of hydrogen-bond acceptors (Lipinski definition) is 5. The number of phenols is 2. The largest absolute Gasteiger partial charge is 0.507 e. The summed E-state index contributed by atoms with van der Waals surface area (Å²) < 4.78 is 4.55. The number of hydrogen-bond donors (Lipinski definition) is 2. The lowest BCUT2D eigenvalue weighted by atomic mass is 9.78. The minimum Gasteiger partial charge on any atom is -0.507 e. The number of aromatic hydroxyl groups is 2. The molecule has 0 radical (unpaired) electrons. The van der Waals surface area contributed by atoms with Crippen LogP contribution in [0.5, 0.6) is 11.5 Å². The zero-order valence-corrected chi connectivity index (χ0v) is 35.1. The van der Waals surface area contributed by atoms with Crippen LogP contribution in [-0.2, 0) is 41.3 Å². The molecule has 8 nitrogen and oxygen atoms in total. The fraction of sp³-hybridized carbons (Fsp3) is 0.500. The molecule has 0 unspecified atom stereocenters. The van der Waals surface area contributed by atoms with E-state index in [-0.39, 0.29) is 36.5 Å². The topological polar surface area (TPSA) is 106 Å². The molecule has 276 valence electrons. The van der Waals surface area contributed by atoms with Crippen molar-refractivity contribution >= 4 is 22.6 Å². The van der Waals surface area contributed by atoms with Crippen molar-refractivity contribution in [3.8, 4) is 11.5 Å². The monoisotopic (exact) mass is 809 g/mol. The predicted octanol–water partition coefficient (Wildman–Crippen LogP) is 8.14. The normalized spacial score (nSPS) is 12.8. The first-order chi connectivity index (χ1) is 23.1. The standard InChI is InChI=1S/C42H56IN3O5/c1-24-15-26(17-29(33(24)43)39(3,4)5)21-44-36(49)45(22-27-16-25(2)34(47)30(18-27)40(6,7)8)38(51)46(37(44)50)23-28-19-31(41(9,10)11)35(48)32(20-28)42(12,13)14/h15-20,47-48H,21-23H2,1-14H3. The molecule has 1 heterocycles. The van der Waals surface area contributed by atoms with Gasteiger partial charge >= 0.3 is 17.1 Å². The first-order valence-corrected chi connectivity index (χ1v) is 18.6. The maximum Gasteiger partial charge on any atom is 0.336 e. The second kappa shape index (κ2) is 13.7. The van der Waals surface area contributed by atoms with Gasteiger partial charge in [0.15, 0.2) is 0 Å². The van der Waals surface area contributed by atoms with Crippen LogP contribution in [0.4, 0.5) is 0 Å². The molecule has 3 aromatic carbocycles. The van der Waals surface area contributed by atoms with Crippen LogP contribution in [0.15, 0.2) is 50.8 Å². The summed E-state index contributed by atoms with van der Waals surface area (Å²) in [5.74, 6) is 0.385. The van der Waals surface area contributed by atoms with E-state index in [1.165, 1.54) is 0 Å². The maximum absolute atomic E-state index is 14.4. The van der Waals surface area contributed by atoms with Gasteiger partial charge in [-0.2, -0.15) is 0 Å². The average molecular weight is 810 g/mol. The Labute approximate surface area is 316 Å². The number of rotatable bonds is 6. The molecule has 51 heavy (non-hydrogen) atoms. The second-order valence-corrected chi connectivity index (χ2v) is 19.3. The summed E-state index contributed by atoms with van der Waals surface area (Å²) in [5.41, 5.74) is 3.54. The number of aromatic nitrogens is 3. The molecule has 0 fully saturated rings. The minimum atomic E-state index is -0.721. The predicted molar refractivity (Wildman–Crippen MR) is 216 cm³/mol. The summed E-state index contributed by atoms with van der Waals surface area (Å²) in [4.78, 5) is 43.1. The van der Waals surface area contributed by atoms with E-state index >= 15 is 0 Å². The van der Waals surface area contributed by atoms with E-state index in [0.717, 1.165) is 34.0 Å². The van der Waals surface area contributed by atoms with Crippen LogP contribution in [0.2, 0.25) is 0 Å². The molecule has 2 N–H and O–H groups in total. The Bertz CT molecular complexity index is 2030. The number of benzene rings is 3. The van der Waals surface area contributed by atoms with Crippen molar-refractivity contribution in [3.63, 3.8) is 0 Å². The van der Waals surface area contributed by atoms with Gasteiger partial charge in [-0.05, 0) is 126 Å². The molecule has 0 aliphatic heterocycles. The van der Waals surface area contributed by atoms with E-state index in [9.17, 15) is 24.6 Å². The first kappa shape index (κ1) is 40.2. The van der Waals surface area contributed by atoms with Gasteiger partial charge in [0.05, 0.1) is 19.6 Å². The molecule has 4 rings (SSSR count). The Hall–Kier alpha value is -3.60. The highest BCUT2D eigenvalue weighted by atomic mass is 127. The third-order valence-corrected chi connectivity index (χ3v) is 10.9. The Morgan fingerprint density at radius 1 is 0.471 bits per heavy atom. The number of phenolic OH excluding ortho intramolecular Hbond substituents is 2. The molecule has 0 amide bonds. The van der Waals surface area contributed by atoms with Gasteiger partial charge in [0.1, 0.15) is 11.5 Å². The van der Waals surface area contributed by atoms with Crippen LogP contribution in [-0.4, -0.2) is 23.9 Å². The van der Waals surface area contributed by atoms with Gasteiger partial charge in [-0.1, -0.05) is 101 Å². The minimum absolute atomic E-state index is 0.0172. The Morgan fingerprint density at radius 2 is 0.745 bits per heavy atom. The van der Waals surface area contributed by atoms with Gasteiger partial charge < -0.3 is 10.2 Å². The number of aryl methyl sites for hydroxylation is 2. The third-order valence-electron chi connectivity index (χ3n) is 9.48. The summed E-state index contributed by atoms with van der Waals surface area (Å²) in [6.07, 6.45) is 0. The lowest BCUT2D eigenvalue weighted by molar-refractivity contribution is 0.422. The lowest BCUT2D eigenvalue weighted by Gasteiger charge is -2.28. The van der Waals surface area contributed by atoms with Crippen molar-refractivity contribution in [3.05, 3.63) is 121 Å². The smallest absolute Gasteiger partial charge is 0.336 e. The maximum atomic E-state index is 14.4. The van der Waals surface area contributed by atoms with Gasteiger partial charge in [-0.15, -0.1) is 0 Å². The van der Waals surface area contributed by atoms with Crippen LogP contribution < -0.4 is 17.1 Å². The van der Waals surface area contributed by atoms with E-state index in [1.807, 2.05) is 99.6 Å². The molecule has 0 atom stereocenters. The highest BCUT2D eigenvalue weighted by Gasteiger charge is 2.28. The second-order valence-electron chi connectivity index (χ2n) is 18.2. The summed E-state index contributed by atoms with van der Waals surface area (Å²) in [5, 5.41) is 22.2. The molecule has 0 saturated heterocycles. The third kappa shape index (κ3) is 8.39. The van der Waals surface area contributed by atoms with Crippen molar-refractivity contribution < 1.29 is 10.2 Å². The molecule has 0 bridgehead atoms. The SMILES string of the molecule is Cc1cc(Cn2c(=O)n(Cc3cc(C(C)(C)C)c(O)c(C(C)(C)C)c3)c(=O)n(Cc3cc(C)c(I)c(C(C)(C)C)c3)c2=O)cc(C(C)(C)C)c1O. The van der Waals surface area contributed by atoms with Crippen molar-refractivity contribution in [2.24, 2.45) is 0 Å². The van der Waals surface area contributed by atoms with Crippen LogP contribution in [0.1, 0.15) is 133 Å². The Balaban J connectivity index is 2.03. The average Bonchev–Trinajstić information content (AvgIpc) is 2.97. The number of halogens is 1. The van der Waals surface area contributed by atoms with Gasteiger partial charge in [0, 0.05) is 3.57 Å². The Kier molecular flexibility index (Phi) is 10.8. The highest BCUT2D eigenvalue weighted by molar-refractivity contribution is 14.1. The summed E-state index contributed by atoms with van der Waals surface area (Å²) >= 11 is 2.35. The molecular weight excluding hydrogens is 753 g/mol. The van der Waals surface area contributed by atoms with E-state index in [4.69, 9.17) is 0 Å². The van der Waals surface area contributed by atoms with Gasteiger partial charge in [-0.25, -0.2) is 28.1 Å². The molecule has 9 heteroatoms. The van der Waals surface area contributed by atoms with Crippen molar-refractivity contribution in [1.82, 2.24) is 13.7 Å². The van der Waals surface area contributed by atoms with Crippen molar-refractivity contribution in [2.45, 2.75) is 138 Å². The summed E-state index contributed by atoms with van der Waals surface area (Å²) in [7, 11) is 0. The fourth-order valence-electron chi connectivity index (χ4n) is 6.56. The van der Waals surface area contributed by atoms with Gasteiger partial charge in [-0.3, -0.25) is 0 Å². The fourth-order valence-corrected chi connectivity index (χ4v) is 7.68. The van der Waals surface area contributed by atoms with Gasteiger partial charge in [0.25, 0.3) is 0 Å². The summed E-state index contributed by atoms with van der Waals surface area (Å²) in [6.45, 7) is 28.1. The van der Waals surface area contributed by atoms with E-state index < -0.39 is 33.3 Å². The zero-order valence-electron chi connectivity index (χ0n) is 32.9. The van der Waals surface area contributed by atoms with E-state index in [2.05, 4.69) is 43.4 Å². The number of nitrogens with zero attached hydrogens (tertiary/aromatic N) is 3.